The van der Waals surface area contributed by atoms with E-state index in [0.717, 1.165) is 16.8 Å². The van der Waals surface area contributed by atoms with Crippen molar-refractivity contribution in [3.63, 3.8) is 0 Å². The molecule has 3 aromatic rings. The Morgan fingerprint density at radius 3 is 2.45 bits per heavy atom. The predicted molar refractivity (Wildman–Crippen MR) is 118 cm³/mol. The minimum atomic E-state index is -0.833. The Hall–Kier alpha value is -4.00. The molecule has 3 N–H and O–H groups in total. The van der Waals surface area contributed by atoms with Crippen LogP contribution in [-0.4, -0.2) is 29.3 Å². The van der Waals surface area contributed by atoms with Crippen LogP contribution in [0.5, 0.6) is 0 Å². The standard InChI is InChI=1S/C24H24N4O3/c1-17-7-6-8-18(15-17)16-27-22(29)20-10-2-3-11-21(20)28-24(31)23(30)26-14-12-19-9-4-5-13-25-19/h2-11,13,15H,12,14,16H2,1H3,(H,26,30)(H,27,29)(H,28,31). The molecule has 0 fully saturated rings. The number of amides is 3. The van der Waals surface area contributed by atoms with E-state index in [1.165, 1.54) is 0 Å². The lowest BCUT2D eigenvalue weighted by molar-refractivity contribution is -0.136. The normalized spacial score (nSPS) is 10.2. The predicted octanol–water partition coefficient (Wildman–Crippen LogP) is 2.62. The number of hydrogen-bond acceptors (Lipinski definition) is 4. The van der Waals surface area contributed by atoms with Crippen LogP contribution in [0.4, 0.5) is 5.69 Å². The van der Waals surface area contributed by atoms with Crippen LogP contribution in [0.2, 0.25) is 0 Å². The Morgan fingerprint density at radius 2 is 1.68 bits per heavy atom. The van der Waals surface area contributed by atoms with E-state index in [4.69, 9.17) is 0 Å². The number of hydrogen-bond donors (Lipinski definition) is 3. The fourth-order valence-electron chi connectivity index (χ4n) is 3.00. The maximum atomic E-state index is 12.6. The fourth-order valence-corrected chi connectivity index (χ4v) is 3.00. The molecule has 7 nitrogen and oxygen atoms in total. The van der Waals surface area contributed by atoms with Gasteiger partial charge in [0, 0.05) is 31.4 Å². The molecule has 0 spiro atoms. The van der Waals surface area contributed by atoms with Crippen LogP contribution in [0.3, 0.4) is 0 Å². The van der Waals surface area contributed by atoms with Crippen molar-refractivity contribution in [1.82, 2.24) is 15.6 Å². The second kappa shape index (κ2) is 10.7. The quantitative estimate of drug-likeness (QED) is 0.516. The van der Waals surface area contributed by atoms with Gasteiger partial charge in [0.25, 0.3) is 5.91 Å². The summed E-state index contributed by atoms with van der Waals surface area (Å²) in [6.45, 7) is 2.62. The lowest BCUT2D eigenvalue weighted by Gasteiger charge is -2.12. The molecule has 7 heteroatoms. The number of nitrogens with one attached hydrogen (secondary N) is 3. The largest absolute Gasteiger partial charge is 0.348 e. The van der Waals surface area contributed by atoms with Gasteiger partial charge in [0.1, 0.15) is 0 Å². The highest BCUT2D eigenvalue weighted by Crippen LogP contribution is 2.15. The average molecular weight is 416 g/mol. The van der Waals surface area contributed by atoms with E-state index >= 15 is 0 Å². The van der Waals surface area contributed by atoms with Gasteiger partial charge in [0.05, 0.1) is 11.3 Å². The number of benzene rings is 2. The first-order valence-corrected chi connectivity index (χ1v) is 9.95. The zero-order valence-electron chi connectivity index (χ0n) is 17.2. The minimum absolute atomic E-state index is 0.272. The molecule has 31 heavy (non-hydrogen) atoms. The number of carbonyl (C=O) groups excluding carboxylic acids is 3. The molecular formula is C24H24N4O3. The third-order valence-electron chi connectivity index (χ3n) is 4.55. The van der Waals surface area contributed by atoms with Gasteiger partial charge in [0.15, 0.2) is 0 Å². The van der Waals surface area contributed by atoms with Crippen LogP contribution in [0.15, 0.2) is 72.9 Å². The molecule has 0 atom stereocenters. The maximum absolute atomic E-state index is 12.6. The van der Waals surface area contributed by atoms with Crippen LogP contribution in [0.1, 0.15) is 27.2 Å². The highest BCUT2D eigenvalue weighted by molar-refractivity contribution is 6.40. The van der Waals surface area contributed by atoms with Crippen LogP contribution in [-0.2, 0) is 22.6 Å². The summed E-state index contributed by atoms with van der Waals surface area (Å²) in [5.74, 6) is -1.95. The molecule has 3 rings (SSSR count). The van der Waals surface area contributed by atoms with E-state index in [1.54, 1.807) is 30.5 Å². The van der Waals surface area contributed by atoms with Crippen molar-refractivity contribution in [3.8, 4) is 0 Å². The summed E-state index contributed by atoms with van der Waals surface area (Å²) < 4.78 is 0. The minimum Gasteiger partial charge on any atom is -0.348 e. The van der Waals surface area contributed by atoms with E-state index in [-0.39, 0.29) is 23.7 Å². The number of para-hydroxylation sites is 1. The smallest absolute Gasteiger partial charge is 0.313 e. The summed E-state index contributed by atoms with van der Waals surface area (Å²) in [7, 11) is 0. The zero-order chi connectivity index (χ0) is 22.1. The zero-order valence-corrected chi connectivity index (χ0v) is 17.2. The summed E-state index contributed by atoms with van der Waals surface area (Å²) >= 11 is 0. The van der Waals surface area contributed by atoms with E-state index in [1.807, 2.05) is 49.4 Å². The van der Waals surface area contributed by atoms with Crippen molar-refractivity contribution in [3.05, 3.63) is 95.3 Å². The number of nitrogens with zero attached hydrogens (tertiary/aromatic N) is 1. The molecule has 2 aromatic carbocycles. The molecule has 158 valence electrons. The van der Waals surface area contributed by atoms with Crippen molar-refractivity contribution >= 4 is 23.4 Å². The monoisotopic (exact) mass is 416 g/mol. The third-order valence-corrected chi connectivity index (χ3v) is 4.55. The first-order valence-electron chi connectivity index (χ1n) is 9.95. The van der Waals surface area contributed by atoms with Gasteiger partial charge in [-0.25, -0.2) is 0 Å². The van der Waals surface area contributed by atoms with E-state index in [9.17, 15) is 14.4 Å². The van der Waals surface area contributed by atoms with Gasteiger partial charge in [-0.2, -0.15) is 0 Å². The van der Waals surface area contributed by atoms with E-state index < -0.39 is 11.8 Å². The molecule has 0 aliphatic carbocycles. The number of rotatable bonds is 7. The van der Waals surface area contributed by atoms with Crippen LogP contribution >= 0.6 is 0 Å². The fraction of sp³-hybridized carbons (Fsp3) is 0.167. The molecule has 0 bridgehead atoms. The lowest BCUT2D eigenvalue weighted by atomic mass is 10.1. The van der Waals surface area contributed by atoms with Crippen molar-refractivity contribution in [2.45, 2.75) is 19.9 Å². The maximum Gasteiger partial charge on any atom is 0.313 e. The number of aromatic nitrogens is 1. The van der Waals surface area contributed by atoms with Gasteiger partial charge in [0.2, 0.25) is 0 Å². The summed E-state index contributed by atoms with van der Waals surface area (Å²) in [6.07, 6.45) is 2.18. The Balaban J connectivity index is 1.55. The average Bonchev–Trinajstić information content (AvgIpc) is 2.78. The number of pyridine rings is 1. The Labute approximate surface area is 180 Å². The number of aryl methyl sites for hydroxylation is 1. The van der Waals surface area contributed by atoms with E-state index in [0.29, 0.717) is 13.0 Å². The molecule has 0 radical (unpaired) electrons. The summed E-state index contributed by atoms with van der Waals surface area (Å²) in [5, 5.41) is 7.92. The van der Waals surface area contributed by atoms with E-state index in [2.05, 4.69) is 20.9 Å². The van der Waals surface area contributed by atoms with Crippen molar-refractivity contribution in [2.24, 2.45) is 0 Å². The molecule has 3 amide bonds. The molecular weight excluding hydrogens is 392 g/mol. The van der Waals surface area contributed by atoms with Crippen molar-refractivity contribution in [1.29, 1.82) is 0 Å². The first kappa shape index (κ1) is 21.7. The van der Waals surface area contributed by atoms with Gasteiger partial charge in [-0.05, 0) is 36.8 Å². The molecule has 0 unspecified atom stereocenters. The van der Waals surface area contributed by atoms with Crippen molar-refractivity contribution < 1.29 is 14.4 Å². The van der Waals surface area contributed by atoms with Crippen LogP contribution < -0.4 is 16.0 Å². The number of anilines is 1. The first-order chi connectivity index (χ1) is 15.0. The van der Waals surface area contributed by atoms with Gasteiger partial charge in [-0.15, -0.1) is 0 Å². The Kier molecular flexibility index (Phi) is 7.48. The van der Waals surface area contributed by atoms with Gasteiger partial charge in [-0.3, -0.25) is 19.4 Å². The van der Waals surface area contributed by atoms with Gasteiger partial charge >= 0.3 is 11.8 Å². The third kappa shape index (κ3) is 6.50. The van der Waals surface area contributed by atoms with Crippen LogP contribution in [0, 0.1) is 6.92 Å². The topological polar surface area (TPSA) is 100 Å². The Morgan fingerprint density at radius 1 is 0.871 bits per heavy atom. The van der Waals surface area contributed by atoms with Crippen molar-refractivity contribution in [2.75, 3.05) is 11.9 Å². The molecule has 0 saturated carbocycles. The Bertz CT molecular complexity index is 1070. The molecule has 0 saturated heterocycles. The number of carbonyl (C=O) groups is 3. The van der Waals surface area contributed by atoms with Gasteiger partial charge < -0.3 is 16.0 Å². The van der Waals surface area contributed by atoms with Gasteiger partial charge in [-0.1, -0.05) is 48.0 Å². The second-order valence-electron chi connectivity index (χ2n) is 7.00. The van der Waals surface area contributed by atoms with Crippen LogP contribution in [0.25, 0.3) is 0 Å². The SMILES string of the molecule is Cc1cccc(CNC(=O)c2ccccc2NC(=O)C(=O)NCCc2ccccn2)c1. The highest BCUT2D eigenvalue weighted by atomic mass is 16.2. The summed E-state index contributed by atoms with van der Waals surface area (Å²) in [6, 6.07) is 19.9. The summed E-state index contributed by atoms with van der Waals surface area (Å²) in [5.41, 5.74) is 3.45. The molecule has 1 heterocycles. The molecule has 1 aromatic heterocycles. The summed E-state index contributed by atoms with van der Waals surface area (Å²) in [4.78, 5) is 41.2. The second-order valence-corrected chi connectivity index (χ2v) is 7.00. The molecule has 0 aliphatic heterocycles. The lowest BCUT2D eigenvalue weighted by Crippen LogP contribution is -2.37. The molecule has 0 aliphatic rings. The highest BCUT2D eigenvalue weighted by Gasteiger charge is 2.17.